The molecule has 0 spiro atoms. The van der Waals surface area contributed by atoms with Crippen molar-refractivity contribution in [3.63, 3.8) is 0 Å². The van der Waals surface area contributed by atoms with Crippen LogP contribution in [0.4, 0.5) is 5.69 Å². The van der Waals surface area contributed by atoms with Crippen molar-refractivity contribution in [3.8, 4) is 23.8 Å². The normalized spacial score (nSPS) is 13.5. The average Bonchev–Trinajstić information content (AvgIpc) is 2.57. The molecule has 0 aromatic heterocycles. The Morgan fingerprint density at radius 1 is 1.21 bits per heavy atom. The molecule has 0 radical (unpaired) electrons. The van der Waals surface area contributed by atoms with E-state index in [2.05, 4.69) is 11.2 Å². The first-order valence-corrected chi connectivity index (χ1v) is 7.99. The number of para-hydroxylation sites is 1. The van der Waals surface area contributed by atoms with Gasteiger partial charge in [-0.1, -0.05) is 24.1 Å². The number of anilines is 1. The third-order valence-electron chi connectivity index (χ3n) is 3.89. The van der Waals surface area contributed by atoms with Gasteiger partial charge in [0.15, 0.2) is 0 Å². The summed E-state index contributed by atoms with van der Waals surface area (Å²) < 4.78 is 11.3. The van der Waals surface area contributed by atoms with E-state index in [9.17, 15) is 4.79 Å². The van der Waals surface area contributed by atoms with Crippen molar-refractivity contribution in [2.75, 3.05) is 11.9 Å². The van der Waals surface area contributed by atoms with Crippen molar-refractivity contribution < 1.29 is 14.3 Å². The molecule has 2 aromatic rings. The molecule has 0 saturated heterocycles. The number of hydrogen-bond donors (Lipinski definition) is 1. The number of carbonyl (C=O) groups is 1. The predicted molar refractivity (Wildman–Crippen MR) is 93.4 cm³/mol. The Bertz CT molecular complexity index is 759. The van der Waals surface area contributed by atoms with Gasteiger partial charge in [0.25, 0.3) is 5.91 Å². The Labute approximate surface area is 141 Å². The Balaban J connectivity index is 1.72. The fourth-order valence-electron chi connectivity index (χ4n) is 2.41. The third kappa shape index (κ3) is 3.88. The van der Waals surface area contributed by atoms with Crippen molar-refractivity contribution >= 4 is 11.6 Å². The smallest absolute Gasteiger partial charge is 0.259 e. The lowest BCUT2D eigenvalue weighted by molar-refractivity contribution is 0.0992. The second-order valence-corrected chi connectivity index (χ2v) is 5.64. The van der Waals surface area contributed by atoms with E-state index in [1.165, 1.54) is 6.42 Å². The topological polar surface area (TPSA) is 47.6 Å². The van der Waals surface area contributed by atoms with Crippen LogP contribution in [0.2, 0.25) is 0 Å². The summed E-state index contributed by atoms with van der Waals surface area (Å²) in [4.78, 5) is 12.6. The van der Waals surface area contributed by atoms with E-state index in [0.717, 1.165) is 12.8 Å². The van der Waals surface area contributed by atoms with Crippen LogP contribution in [-0.4, -0.2) is 18.6 Å². The van der Waals surface area contributed by atoms with Crippen molar-refractivity contribution in [2.45, 2.75) is 25.4 Å². The summed E-state index contributed by atoms with van der Waals surface area (Å²) >= 11 is 0. The van der Waals surface area contributed by atoms with Gasteiger partial charge >= 0.3 is 0 Å². The quantitative estimate of drug-likeness (QED) is 0.821. The van der Waals surface area contributed by atoms with Gasteiger partial charge in [-0.05, 0) is 43.5 Å². The van der Waals surface area contributed by atoms with Gasteiger partial charge in [-0.2, -0.15) is 0 Å². The molecule has 1 aliphatic carbocycles. The van der Waals surface area contributed by atoms with Gasteiger partial charge in [0, 0.05) is 11.8 Å². The lowest BCUT2D eigenvalue weighted by atomic mass is 9.96. The minimum atomic E-state index is -0.209. The first-order valence-electron chi connectivity index (χ1n) is 7.99. The largest absolute Gasteiger partial charge is 0.490 e. The molecule has 1 fully saturated rings. The zero-order valence-corrected chi connectivity index (χ0v) is 13.3. The minimum Gasteiger partial charge on any atom is -0.490 e. The van der Waals surface area contributed by atoms with Crippen molar-refractivity contribution in [3.05, 3.63) is 54.1 Å². The molecule has 1 N–H and O–H groups in total. The summed E-state index contributed by atoms with van der Waals surface area (Å²) in [6.45, 7) is 0.190. The van der Waals surface area contributed by atoms with Crippen LogP contribution in [0.5, 0.6) is 11.5 Å². The molecule has 4 nitrogen and oxygen atoms in total. The monoisotopic (exact) mass is 321 g/mol. The lowest BCUT2D eigenvalue weighted by Gasteiger charge is -2.27. The molecule has 0 unspecified atom stereocenters. The maximum atomic E-state index is 12.6. The van der Waals surface area contributed by atoms with Gasteiger partial charge in [0.2, 0.25) is 0 Å². The number of terminal acetylenes is 1. The molecule has 1 aliphatic rings. The zero-order chi connectivity index (χ0) is 16.8. The van der Waals surface area contributed by atoms with Crippen LogP contribution < -0.4 is 14.8 Å². The van der Waals surface area contributed by atoms with E-state index in [1.54, 1.807) is 30.3 Å². The van der Waals surface area contributed by atoms with E-state index in [4.69, 9.17) is 15.9 Å². The molecule has 2 aromatic carbocycles. The fraction of sp³-hybridized carbons (Fsp3) is 0.250. The van der Waals surface area contributed by atoms with Gasteiger partial charge in [0.05, 0.1) is 11.7 Å². The number of benzene rings is 2. The first kappa shape index (κ1) is 15.9. The molecule has 1 saturated carbocycles. The second kappa shape index (κ2) is 7.56. The van der Waals surface area contributed by atoms with Crippen LogP contribution in [0.1, 0.15) is 29.6 Å². The van der Waals surface area contributed by atoms with Crippen molar-refractivity contribution in [1.29, 1.82) is 0 Å². The second-order valence-electron chi connectivity index (χ2n) is 5.64. The lowest BCUT2D eigenvalue weighted by Crippen LogP contribution is -2.26. The highest BCUT2D eigenvalue weighted by atomic mass is 16.5. The van der Waals surface area contributed by atoms with E-state index in [1.807, 2.05) is 18.2 Å². The summed E-state index contributed by atoms with van der Waals surface area (Å²) in [6, 6.07) is 14.4. The highest BCUT2D eigenvalue weighted by Crippen LogP contribution is 2.28. The standard InChI is InChI=1S/C20H19NO3/c1-2-13-23-17-10-5-7-15(14-17)21-20(22)18-11-3-4-12-19(18)24-16-8-6-9-16/h1,3-5,7,10-12,14,16H,6,8-9,13H2,(H,21,22). The van der Waals surface area contributed by atoms with Crippen LogP contribution in [0, 0.1) is 12.3 Å². The summed E-state index contributed by atoms with van der Waals surface area (Å²) in [5.74, 6) is 3.44. The molecule has 0 bridgehead atoms. The number of rotatable bonds is 6. The average molecular weight is 321 g/mol. The van der Waals surface area contributed by atoms with E-state index < -0.39 is 0 Å². The molecule has 24 heavy (non-hydrogen) atoms. The number of carbonyl (C=O) groups excluding carboxylic acids is 1. The zero-order valence-electron chi connectivity index (χ0n) is 13.3. The van der Waals surface area contributed by atoms with Crippen LogP contribution in [0.25, 0.3) is 0 Å². The van der Waals surface area contributed by atoms with Crippen LogP contribution in [0.15, 0.2) is 48.5 Å². The van der Waals surface area contributed by atoms with Gasteiger partial charge in [-0.25, -0.2) is 0 Å². The molecule has 122 valence electrons. The molecule has 0 aliphatic heterocycles. The molecule has 0 heterocycles. The van der Waals surface area contributed by atoms with Gasteiger partial charge in [-0.15, -0.1) is 6.42 Å². The molecule has 0 atom stereocenters. The number of amides is 1. The Kier molecular flexibility index (Phi) is 5.02. The maximum absolute atomic E-state index is 12.6. The highest BCUT2D eigenvalue weighted by Gasteiger charge is 2.21. The van der Waals surface area contributed by atoms with Gasteiger partial charge < -0.3 is 14.8 Å². The highest BCUT2D eigenvalue weighted by molar-refractivity contribution is 6.06. The van der Waals surface area contributed by atoms with Crippen molar-refractivity contribution in [2.24, 2.45) is 0 Å². The van der Waals surface area contributed by atoms with E-state index in [-0.39, 0.29) is 18.6 Å². The Morgan fingerprint density at radius 3 is 2.79 bits per heavy atom. The predicted octanol–water partition coefficient (Wildman–Crippen LogP) is 3.88. The summed E-state index contributed by atoms with van der Waals surface area (Å²) in [5.41, 5.74) is 1.17. The summed E-state index contributed by atoms with van der Waals surface area (Å²) in [7, 11) is 0. The molecular weight excluding hydrogens is 302 g/mol. The van der Waals surface area contributed by atoms with Crippen LogP contribution >= 0.6 is 0 Å². The summed E-state index contributed by atoms with van der Waals surface area (Å²) in [6.07, 6.45) is 8.68. The minimum absolute atomic E-state index is 0.190. The number of hydrogen-bond acceptors (Lipinski definition) is 3. The van der Waals surface area contributed by atoms with Crippen LogP contribution in [0.3, 0.4) is 0 Å². The number of ether oxygens (including phenoxy) is 2. The third-order valence-corrected chi connectivity index (χ3v) is 3.89. The summed E-state index contributed by atoms with van der Waals surface area (Å²) in [5, 5.41) is 2.87. The molecule has 4 heteroatoms. The molecule has 3 rings (SSSR count). The Hall–Kier alpha value is -2.93. The molecular formula is C20H19NO3. The van der Waals surface area contributed by atoms with E-state index in [0.29, 0.717) is 22.7 Å². The fourth-order valence-corrected chi connectivity index (χ4v) is 2.41. The SMILES string of the molecule is C#CCOc1cccc(NC(=O)c2ccccc2OC2CCC2)c1. The van der Waals surface area contributed by atoms with E-state index >= 15 is 0 Å². The number of nitrogens with one attached hydrogen (secondary N) is 1. The maximum Gasteiger partial charge on any atom is 0.259 e. The first-order chi connectivity index (χ1) is 11.8. The Morgan fingerprint density at radius 2 is 2.04 bits per heavy atom. The van der Waals surface area contributed by atoms with Gasteiger partial charge in [0.1, 0.15) is 18.1 Å². The van der Waals surface area contributed by atoms with Crippen molar-refractivity contribution in [1.82, 2.24) is 0 Å². The van der Waals surface area contributed by atoms with Gasteiger partial charge in [-0.3, -0.25) is 4.79 Å². The van der Waals surface area contributed by atoms with Crippen LogP contribution in [-0.2, 0) is 0 Å². The molecule has 1 amide bonds.